The second kappa shape index (κ2) is 5.42. The zero-order chi connectivity index (χ0) is 11.3. The van der Waals surface area contributed by atoms with Crippen molar-refractivity contribution in [3.05, 3.63) is 33.7 Å². The molecule has 78 valence electrons. The number of rotatable bonds is 1. The Labute approximate surface area is 92.3 Å². The van der Waals surface area contributed by atoms with Gasteiger partial charge in [-0.05, 0) is 13.0 Å². The summed E-state index contributed by atoms with van der Waals surface area (Å²) in [4.78, 5) is 24.2. The van der Waals surface area contributed by atoms with Crippen molar-refractivity contribution in [3.8, 4) is 11.8 Å². The third kappa shape index (κ3) is 4.05. The quantitative estimate of drug-likeness (QED) is 0.727. The van der Waals surface area contributed by atoms with Gasteiger partial charge in [-0.15, -0.1) is 0 Å². The minimum atomic E-state index is -0.0985. The van der Waals surface area contributed by atoms with Gasteiger partial charge in [0, 0.05) is 24.2 Å². The summed E-state index contributed by atoms with van der Waals surface area (Å²) in [5, 5.41) is 0.0574. The van der Waals surface area contributed by atoms with Crippen molar-refractivity contribution >= 4 is 16.9 Å². The van der Waals surface area contributed by atoms with E-state index in [9.17, 15) is 9.59 Å². The van der Waals surface area contributed by atoms with Crippen molar-refractivity contribution in [2.75, 3.05) is 5.75 Å². The maximum absolute atomic E-state index is 11.0. The predicted octanol–water partition coefficient (Wildman–Crippen LogP) is 1.31. The van der Waals surface area contributed by atoms with Gasteiger partial charge >= 0.3 is 0 Å². The molecule has 15 heavy (non-hydrogen) atoms. The molecular formula is C11H11NO2S. The minimum absolute atomic E-state index is 0.0574. The van der Waals surface area contributed by atoms with Crippen LogP contribution in [0.5, 0.6) is 0 Å². The van der Waals surface area contributed by atoms with Crippen molar-refractivity contribution in [2.45, 2.75) is 13.8 Å². The number of nitrogens with one attached hydrogen (secondary N) is 1. The van der Waals surface area contributed by atoms with E-state index in [1.54, 1.807) is 19.2 Å². The molecule has 0 aromatic carbocycles. The molecule has 0 bridgehead atoms. The summed E-state index contributed by atoms with van der Waals surface area (Å²) in [5.74, 6) is 6.20. The molecule has 0 spiro atoms. The van der Waals surface area contributed by atoms with Gasteiger partial charge in [-0.1, -0.05) is 23.6 Å². The van der Waals surface area contributed by atoms with E-state index in [1.807, 2.05) is 0 Å². The van der Waals surface area contributed by atoms with Crippen molar-refractivity contribution in [1.29, 1.82) is 0 Å². The summed E-state index contributed by atoms with van der Waals surface area (Å²) < 4.78 is 0. The number of carbonyl (C=O) groups is 1. The van der Waals surface area contributed by atoms with Crippen LogP contribution in [0.2, 0.25) is 0 Å². The molecule has 1 N–H and O–H groups in total. The Bertz CT molecular complexity index is 479. The smallest absolute Gasteiger partial charge is 0.250 e. The molecule has 0 saturated carbocycles. The Morgan fingerprint density at radius 1 is 1.60 bits per heavy atom. The van der Waals surface area contributed by atoms with E-state index < -0.39 is 0 Å². The van der Waals surface area contributed by atoms with Crippen LogP contribution < -0.4 is 5.56 Å². The highest BCUT2D eigenvalue weighted by Gasteiger charge is 1.93. The molecule has 0 fully saturated rings. The maximum atomic E-state index is 11.0. The van der Waals surface area contributed by atoms with Crippen LogP contribution in [0.15, 0.2) is 17.1 Å². The third-order valence-electron chi connectivity index (χ3n) is 1.67. The van der Waals surface area contributed by atoms with Crippen molar-refractivity contribution in [3.63, 3.8) is 0 Å². The van der Waals surface area contributed by atoms with Gasteiger partial charge in [0.2, 0.25) is 0 Å². The average molecular weight is 221 g/mol. The number of aryl methyl sites for hydroxylation is 1. The standard InChI is InChI=1S/C11H11NO2S/c1-8-6-10(7-12-11(8)14)4-3-5-15-9(2)13/h6-7H,5H2,1-2H3,(H,12,14). The fraction of sp³-hybridized carbons (Fsp3) is 0.273. The first-order valence-corrected chi connectivity index (χ1v) is 5.39. The lowest BCUT2D eigenvalue weighted by molar-refractivity contribution is -0.109. The van der Waals surface area contributed by atoms with Gasteiger partial charge in [-0.3, -0.25) is 9.59 Å². The number of pyridine rings is 1. The Morgan fingerprint density at radius 2 is 2.33 bits per heavy atom. The van der Waals surface area contributed by atoms with Gasteiger partial charge in [-0.2, -0.15) is 0 Å². The second-order valence-corrected chi connectivity index (χ2v) is 4.13. The first-order valence-electron chi connectivity index (χ1n) is 4.41. The molecule has 0 unspecified atom stereocenters. The maximum Gasteiger partial charge on any atom is 0.250 e. The summed E-state index contributed by atoms with van der Waals surface area (Å²) in [7, 11) is 0. The lowest BCUT2D eigenvalue weighted by Crippen LogP contribution is -2.08. The first-order chi connectivity index (χ1) is 7.09. The number of hydrogen-bond donors (Lipinski definition) is 1. The van der Waals surface area contributed by atoms with Gasteiger partial charge in [0.15, 0.2) is 5.12 Å². The zero-order valence-corrected chi connectivity index (χ0v) is 9.40. The summed E-state index contributed by atoms with van der Waals surface area (Å²) >= 11 is 1.17. The van der Waals surface area contributed by atoms with E-state index >= 15 is 0 Å². The zero-order valence-electron chi connectivity index (χ0n) is 8.59. The van der Waals surface area contributed by atoms with E-state index in [4.69, 9.17) is 0 Å². The van der Waals surface area contributed by atoms with Crippen LogP contribution in [-0.4, -0.2) is 15.9 Å². The first kappa shape index (κ1) is 11.6. The largest absolute Gasteiger partial charge is 0.328 e. The van der Waals surface area contributed by atoms with Crippen LogP contribution >= 0.6 is 11.8 Å². The highest BCUT2D eigenvalue weighted by molar-refractivity contribution is 8.13. The predicted molar refractivity (Wildman–Crippen MR) is 61.8 cm³/mol. The Kier molecular flexibility index (Phi) is 4.19. The Balaban J connectivity index is 2.68. The van der Waals surface area contributed by atoms with Crippen LogP contribution in [-0.2, 0) is 4.79 Å². The topological polar surface area (TPSA) is 49.9 Å². The van der Waals surface area contributed by atoms with Crippen LogP contribution in [0.1, 0.15) is 18.1 Å². The summed E-state index contributed by atoms with van der Waals surface area (Å²) in [6.45, 7) is 3.24. The molecule has 0 saturated heterocycles. The summed E-state index contributed by atoms with van der Waals surface area (Å²) in [5.41, 5.74) is 1.30. The van der Waals surface area contributed by atoms with Gasteiger partial charge in [-0.25, -0.2) is 0 Å². The fourth-order valence-electron chi connectivity index (χ4n) is 0.946. The van der Waals surface area contributed by atoms with Crippen molar-refractivity contribution in [2.24, 2.45) is 0 Å². The lowest BCUT2D eigenvalue weighted by Gasteiger charge is -1.92. The molecule has 0 aliphatic heterocycles. The summed E-state index contributed by atoms with van der Waals surface area (Å²) in [6.07, 6.45) is 1.57. The number of hydrogen-bond acceptors (Lipinski definition) is 3. The highest BCUT2D eigenvalue weighted by atomic mass is 32.2. The Morgan fingerprint density at radius 3 is 2.93 bits per heavy atom. The minimum Gasteiger partial charge on any atom is -0.328 e. The molecule has 4 heteroatoms. The van der Waals surface area contributed by atoms with Crippen LogP contribution in [0.25, 0.3) is 0 Å². The van der Waals surface area contributed by atoms with Crippen LogP contribution in [0.3, 0.4) is 0 Å². The number of aromatic amines is 1. The lowest BCUT2D eigenvalue weighted by atomic mass is 10.2. The third-order valence-corrected chi connectivity index (χ3v) is 2.36. The average Bonchev–Trinajstić information content (AvgIpc) is 2.18. The molecule has 1 aromatic rings. The van der Waals surface area contributed by atoms with Crippen molar-refractivity contribution < 1.29 is 4.79 Å². The second-order valence-electron chi connectivity index (χ2n) is 2.98. The van der Waals surface area contributed by atoms with E-state index in [0.29, 0.717) is 11.3 Å². The van der Waals surface area contributed by atoms with Crippen LogP contribution in [0.4, 0.5) is 0 Å². The molecule has 0 aliphatic carbocycles. The van der Waals surface area contributed by atoms with Gasteiger partial charge in [0.05, 0.1) is 5.75 Å². The molecule has 0 atom stereocenters. The Hall–Kier alpha value is -1.47. The van der Waals surface area contributed by atoms with Gasteiger partial charge in [0.1, 0.15) is 0 Å². The molecule has 1 aromatic heterocycles. The molecule has 1 heterocycles. The van der Waals surface area contributed by atoms with Gasteiger partial charge < -0.3 is 4.98 Å². The van der Waals surface area contributed by atoms with E-state index in [2.05, 4.69) is 16.8 Å². The molecular weight excluding hydrogens is 210 g/mol. The molecule has 1 rings (SSSR count). The molecule has 3 nitrogen and oxygen atoms in total. The van der Waals surface area contributed by atoms with Crippen LogP contribution in [0, 0.1) is 18.8 Å². The number of aromatic nitrogens is 1. The van der Waals surface area contributed by atoms with Gasteiger partial charge in [0.25, 0.3) is 5.56 Å². The number of H-pyrrole nitrogens is 1. The van der Waals surface area contributed by atoms with E-state index in [1.165, 1.54) is 18.7 Å². The number of thioether (sulfide) groups is 1. The molecule has 0 amide bonds. The highest BCUT2D eigenvalue weighted by Crippen LogP contribution is 1.99. The van der Waals surface area contributed by atoms with Crippen molar-refractivity contribution in [1.82, 2.24) is 4.98 Å². The molecule has 0 aliphatic rings. The molecule has 0 radical (unpaired) electrons. The van der Waals surface area contributed by atoms with E-state index in [-0.39, 0.29) is 10.7 Å². The SMILES string of the molecule is CC(=O)SCC#Cc1c[nH]c(=O)c(C)c1. The normalized spacial score (nSPS) is 9.20. The fourth-order valence-corrected chi connectivity index (χ4v) is 1.29. The summed E-state index contributed by atoms with van der Waals surface area (Å²) in [6, 6.07) is 1.73. The number of carbonyl (C=O) groups excluding carboxylic acids is 1. The van der Waals surface area contributed by atoms with E-state index in [0.717, 1.165) is 5.56 Å². The monoisotopic (exact) mass is 221 g/mol.